The fraction of sp³-hybridized carbons (Fsp3) is 0.895. The fourth-order valence-corrected chi connectivity index (χ4v) is 6.56. The first kappa shape index (κ1) is 19.0. The Balaban J connectivity index is 1.44. The number of likely N-dealkylation sites (tertiary alicyclic amines) is 1. The Morgan fingerprint density at radius 1 is 1.19 bits per heavy atom. The summed E-state index contributed by atoms with van der Waals surface area (Å²) >= 11 is 0. The lowest BCUT2D eigenvalue weighted by molar-refractivity contribution is -0.182. The molecule has 1 amide bonds. The van der Waals surface area contributed by atoms with Gasteiger partial charge in [-0.2, -0.15) is 13.2 Å². The van der Waals surface area contributed by atoms with Crippen molar-refractivity contribution in [1.82, 2.24) is 10.2 Å². The van der Waals surface area contributed by atoms with Gasteiger partial charge in [-0.25, -0.2) is 0 Å². The molecule has 5 nitrogen and oxygen atoms in total. The molecule has 1 saturated heterocycles. The van der Waals surface area contributed by atoms with Crippen LogP contribution in [0.5, 0.6) is 0 Å². The van der Waals surface area contributed by atoms with Gasteiger partial charge in [0.15, 0.2) is 0 Å². The van der Waals surface area contributed by atoms with Crippen molar-refractivity contribution in [2.45, 2.75) is 76.2 Å². The highest BCUT2D eigenvalue weighted by atomic mass is 19.4. The van der Waals surface area contributed by atoms with Crippen LogP contribution in [0.4, 0.5) is 13.2 Å². The number of halogens is 3. The Kier molecular flexibility index (Phi) is 4.48. The number of alkyl halides is 3. The summed E-state index contributed by atoms with van der Waals surface area (Å²) < 4.78 is 39.7. The van der Waals surface area contributed by atoms with Crippen LogP contribution in [-0.2, 0) is 9.59 Å². The average molecular weight is 388 g/mol. The molecule has 4 bridgehead atoms. The van der Waals surface area contributed by atoms with Crippen molar-refractivity contribution >= 4 is 11.9 Å². The summed E-state index contributed by atoms with van der Waals surface area (Å²) in [7, 11) is 0. The van der Waals surface area contributed by atoms with E-state index in [9.17, 15) is 27.9 Å². The Morgan fingerprint density at radius 3 is 2.37 bits per heavy atom. The lowest BCUT2D eigenvalue weighted by Gasteiger charge is -2.58. The maximum Gasteiger partial charge on any atom is 0.404 e. The van der Waals surface area contributed by atoms with Gasteiger partial charge in [-0.15, -0.1) is 0 Å². The smallest absolute Gasteiger partial charge is 0.404 e. The van der Waals surface area contributed by atoms with Gasteiger partial charge in [0.2, 0.25) is 5.91 Å². The number of nitrogens with one attached hydrogen (secondary N) is 1. The lowest BCUT2D eigenvalue weighted by Crippen LogP contribution is -2.63. The molecular formula is C19H27F3N2O3. The molecule has 4 aliphatic carbocycles. The average Bonchev–Trinajstić information content (AvgIpc) is 3.06. The van der Waals surface area contributed by atoms with Crippen molar-refractivity contribution in [2.24, 2.45) is 23.2 Å². The van der Waals surface area contributed by atoms with Gasteiger partial charge in [0.1, 0.15) is 6.04 Å². The number of rotatable bonds is 4. The van der Waals surface area contributed by atoms with Crippen LogP contribution in [0.3, 0.4) is 0 Å². The molecule has 4 atom stereocenters. The second-order valence-electron chi connectivity index (χ2n) is 9.20. The molecule has 4 unspecified atom stereocenters. The van der Waals surface area contributed by atoms with Gasteiger partial charge in [0, 0.05) is 6.04 Å². The van der Waals surface area contributed by atoms with Crippen LogP contribution in [0.25, 0.3) is 0 Å². The van der Waals surface area contributed by atoms with E-state index in [0.717, 1.165) is 19.3 Å². The van der Waals surface area contributed by atoms with Crippen molar-refractivity contribution in [2.75, 3.05) is 6.54 Å². The van der Waals surface area contributed by atoms with E-state index in [1.807, 2.05) is 0 Å². The number of carbonyl (C=O) groups is 2. The van der Waals surface area contributed by atoms with Gasteiger partial charge in [-0.05, 0) is 76.2 Å². The highest BCUT2D eigenvalue weighted by molar-refractivity contribution is 5.82. The van der Waals surface area contributed by atoms with Crippen LogP contribution in [0.1, 0.15) is 51.9 Å². The zero-order valence-electron chi connectivity index (χ0n) is 15.5. The van der Waals surface area contributed by atoms with Gasteiger partial charge in [0.05, 0.1) is 11.5 Å². The zero-order valence-corrected chi connectivity index (χ0v) is 15.5. The van der Waals surface area contributed by atoms with Crippen LogP contribution in [0.2, 0.25) is 0 Å². The van der Waals surface area contributed by atoms with E-state index in [4.69, 9.17) is 0 Å². The number of carbonyl (C=O) groups excluding carboxylic acids is 1. The summed E-state index contributed by atoms with van der Waals surface area (Å²) in [5.41, 5.74) is -0.653. The topological polar surface area (TPSA) is 69.6 Å². The third-order valence-corrected chi connectivity index (χ3v) is 7.58. The normalized spacial score (nSPS) is 42.3. The van der Waals surface area contributed by atoms with Crippen molar-refractivity contribution in [3.63, 3.8) is 0 Å². The summed E-state index contributed by atoms with van der Waals surface area (Å²) in [6, 6.07) is -2.48. The molecule has 2 N–H and O–H groups in total. The van der Waals surface area contributed by atoms with Crippen molar-refractivity contribution < 1.29 is 27.9 Å². The predicted molar refractivity (Wildman–Crippen MR) is 90.8 cm³/mol. The standard InChI is InChI=1S/C19H27F3N2O3/c1-10(24-4-2-3-14(24)19(20,21)22)16(25)23-15-12-5-11-6-13(15)9-18(7-11,8-12)17(26)27/h10-15H,2-9H2,1H3,(H,23,25)(H,26,27). The maximum absolute atomic E-state index is 13.2. The molecule has 4 saturated carbocycles. The quantitative estimate of drug-likeness (QED) is 0.777. The van der Waals surface area contributed by atoms with Crippen LogP contribution in [-0.4, -0.2) is 52.7 Å². The minimum Gasteiger partial charge on any atom is -0.481 e. The van der Waals surface area contributed by atoms with E-state index < -0.39 is 29.6 Å². The molecule has 0 aromatic carbocycles. The Labute approximate surface area is 156 Å². The molecule has 0 aromatic rings. The van der Waals surface area contributed by atoms with Crippen LogP contribution in [0.15, 0.2) is 0 Å². The van der Waals surface area contributed by atoms with Crippen molar-refractivity contribution in [1.29, 1.82) is 0 Å². The Hall–Kier alpha value is -1.31. The first-order valence-electron chi connectivity index (χ1n) is 9.97. The van der Waals surface area contributed by atoms with Crippen molar-refractivity contribution in [3.05, 3.63) is 0 Å². The summed E-state index contributed by atoms with van der Waals surface area (Å²) in [5, 5.41) is 12.7. The number of hydrogen-bond acceptors (Lipinski definition) is 3. The largest absolute Gasteiger partial charge is 0.481 e. The molecule has 1 heterocycles. The van der Waals surface area contributed by atoms with Gasteiger partial charge in [-0.1, -0.05) is 0 Å². The van der Waals surface area contributed by atoms with Gasteiger partial charge < -0.3 is 10.4 Å². The minimum absolute atomic E-state index is 0.0403. The summed E-state index contributed by atoms with van der Waals surface area (Å²) in [6.45, 7) is 1.83. The Morgan fingerprint density at radius 2 is 1.81 bits per heavy atom. The van der Waals surface area contributed by atoms with E-state index in [2.05, 4.69) is 5.32 Å². The van der Waals surface area contributed by atoms with Gasteiger partial charge in [-0.3, -0.25) is 14.5 Å². The zero-order chi connectivity index (χ0) is 19.6. The number of aliphatic carboxylic acids is 1. The molecule has 27 heavy (non-hydrogen) atoms. The third kappa shape index (κ3) is 3.13. The molecule has 0 spiro atoms. The molecule has 5 aliphatic rings. The van der Waals surface area contributed by atoms with Gasteiger partial charge >= 0.3 is 12.1 Å². The fourth-order valence-electron chi connectivity index (χ4n) is 6.56. The molecule has 0 aromatic heterocycles. The number of nitrogens with zero attached hydrogens (tertiary/aromatic N) is 1. The summed E-state index contributed by atoms with van der Waals surface area (Å²) in [4.78, 5) is 25.8. The number of hydrogen-bond donors (Lipinski definition) is 2. The monoisotopic (exact) mass is 388 g/mol. The molecule has 152 valence electrons. The molecule has 5 rings (SSSR count). The second-order valence-corrected chi connectivity index (χ2v) is 9.20. The minimum atomic E-state index is -4.32. The van der Waals surface area contributed by atoms with E-state index in [1.54, 1.807) is 6.92 Å². The summed E-state index contributed by atoms with van der Waals surface area (Å²) in [5.74, 6) is -0.434. The predicted octanol–water partition coefficient (Wildman–Crippen LogP) is 2.80. The van der Waals surface area contributed by atoms with E-state index in [1.165, 1.54) is 4.90 Å². The molecule has 1 aliphatic heterocycles. The van der Waals surface area contributed by atoms with E-state index >= 15 is 0 Å². The molecule has 0 radical (unpaired) electrons. The van der Waals surface area contributed by atoms with Crippen LogP contribution < -0.4 is 5.32 Å². The second kappa shape index (κ2) is 6.36. The Bertz CT molecular complexity index is 622. The number of carboxylic acid groups (broad SMARTS) is 1. The van der Waals surface area contributed by atoms with E-state index in [0.29, 0.717) is 25.2 Å². The SMILES string of the molecule is CC(C(=O)NC1C2CC3CC1CC(C(=O)O)(C3)C2)N1CCCC1C(F)(F)F. The highest BCUT2D eigenvalue weighted by Gasteiger charge is 2.59. The van der Waals surface area contributed by atoms with E-state index in [-0.39, 0.29) is 36.8 Å². The number of amides is 1. The summed E-state index contributed by atoms with van der Waals surface area (Å²) in [6.07, 6.45) is -0.126. The third-order valence-electron chi connectivity index (χ3n) is 7.58. The van der Waals surface area contributed by atoms with Gasteiger partial charge in [0.25, 0.3) is 0 Å². The molecule has 5 fully saturated rings. The highest BCUT2D eigenvalue weighted by Crippen LogP contribution is 2.60. The number of carboxylic acids is 1. The first-order chi connectivity index (χ1) is 12.6. The maximum atomic E-state index is 13.2. The lowest BCUT2D eigenvalue weighted by atomic mass is 9.48. The van der Waals surface area contributed by atoms with Crippen LogP contribution in [0, 0.1) is 23.2 Å². The van der Waals surface area contributed by atoms with Crippen molar-refractivity contribution in [3.8, 4) is 0 Å². The molecule has 8 heteroatoms. The first-order valence-corrected chi connectivity index (χ1v) is 9.97. The molecular weight excluding hydrogens is 361 g/mol. The van der Waals surface area contributed by atoms with Crippen LogP contribution >= 0.6 is 0 Å².